The number of amides is 1. The van der Waals surface area contributed by atoms with Gasteiger partial charge in [-0.15, -0.1) is 0 Å². The van der Waals surface area contributed by atoms with E-state index in [9.17, 15) is 9.59 Å². The van der Waals surface area contributed by atoms with E-state index in [-0.39, 0.29) is 18.0 Å². The smallest absolute Gasteiger partial charge is 0.410 e. The molecule has 1 aliphatic rings. The van der Waals surface area contributed by atoms with Crippen LogP contribution in [0.1, 0.15) is 34.6 Å². The van der Waals surface area contributed by atoms with Crippen molar-refractivity contribution in [1.29, 1.82) is 0 Å². The zero-order chi connectivity index (χ0) is 17.6. The van der Waals surface area contributed by atoms with Crippen LogP contribution in [0.2, 0.25) is 0 Å². The van der Waals surface area contributed by atoms with Crippen LogP contribution in [0.3, 0.4) is 0 Å². The summed E-state index contributed by atoms with van der Waals surface area (Å²) < 4.78 is 10.2. The van der Waals surface area contributed by atoms with Crippen molar-refractivity contribution in [2.24, 2.45) is 11.0 Å². The number of nitrogens with zero attached hydrogens (tertiary/aromatic N) is 3. The van der Waals surface area contributed by atoms with E-state index < -0.39 is 5.60 Å². The van der Waals surface area contributed by atoms with Gasteiger partial charge in [-0.1, -0.05) is 0 Å². The number of carbonyl (C=O) groups excluding carboxylic acids is 2. The van der Waals surface area contributed by atoms with Gasteiger partial charge in [-0.25, -0.2) is 9.59 Å². The Bertz CT molecular complexity index is 476. The molecule has 1 rings (SSSR count). The number of likely N-dealkylation sites (tertiary alicyclic amines) is 1. The van der Waals surface area contributed by atoms with E-state index in [0.29, 0.717) is 31.8 Å². The Hall–Kier alpha value is -2.05. The standard InChI is InChI=1S/C16H27N3O4/c1-7-22-14(20)12(2)8-19(17-6)11-13-9-18(10-13)15(21)23-16(3,4)5/h8,13H,6-7,9-11H2,1-5H3/b12-8+. The van der Waals surface area contributed by atoms with Crippen molar-refractivity contribution in [2.75, 3.05) is 26.2 Å². The Morgan fingerprint density at radius 3 is 2.48 bits per heavy atom. The third-order valence-corrected chi connectivity index (χ3v) is 3.18. The second-order valence-electron chi connectivity index (χ2n) is 6.55. The van der Waals surface area contributed by atoms with Crippen LogP contribution >= 0.6 is 0 Å². The number of rotatable bonds is 6. The molecule has 1 fully saturated rings. The minimum absolute atomic E-state index is 0.263. The van der Waals surface area contributed by atoms with Crippen LogP contribution in [0.15, 0.2) is 16.9 Å². The molecule has 0 bridgehead atoms. The summed E-state index contributed by atoms with van der Waals surface area (Å²) in [6, 6.07) is 0. The van der Waals surface area contributed by atoms with E-state index in [1.165, 1.54) is 0 Å². The largest absolute Gasteiger partial charge is 0.463 e. The molecule has 0 aromatic rings. The Morgan fingerprint density at radius 1 is 1.39 bits per heavy atom. The summed E-state index contributed by atoms with van der Waals surface area (Å²) in [5, 5.41) is 5.49. The molecule has 0 atom stereocenters. The van der Waals surface area contributed by atoms with Gasteiger partial charge in [0.25, 0.3) is 0 Å². The first-order chi connectivity index (χ1) is 10.7. The molecule has 7 heteroatoms. The summed E-state index contributed by atoms with van der Waals surface area (Å²) >= 11 is 0. The number of ether oxygens (including phenoxy) is 2. The van der Waals surface area contributed by atoms with Gasteiger partial charge in [0.05, 0.1) is 12.2 Å². The SMILES string of the molecule is C=NN(/C=C(\C)C(=O)OCC)CC1CN(C(=O)OC(C)(C)C)C1. The fourth-order valence-corrected chi connectivity index (χ4v) is 2.10. The number of hydrogen-bond donors (Lipinski definition) is 0. The second kappa shape index (κ2) is 7.99. The van der Waals surface area contributed by atoms with E-state index in [0.717, 1.165) is 0 Å². The first-order valence-electron chi connectivity index (χ1n) is 7.73. The number of hydrogen-bond acceptors (Lipinski definition) is 6. The van der Waals surface area contributed by atoms with E-state index in [1.807, 2.05) is 20.8 Å². The van der Waals surface area contributed by atoms with Gasteiger partial charge in [-0.2, -0.15) is 5.10 Å². The minimum atomic E-state index is -0.490. The van der Waals surface area contributed by atoms with Gasteiger partial charge in [0.1, 0.15) is 5.60 Å². The summed E-state index contributed by atoms with van der Waals surface area (Å²) in [7, 11) is 0. The summed E-state index contributed by atoms with van der Waals surface area (Å²) in [5.74, 6) is -0.107. The first kappa shape index (κ1) is 19.0. The quantitative estimate of drug-likeness (QED) is 0.324. The monoisotopic (exact) mass is 325 g/mol. The fourth-order valence-electron chi connectivity index (χ4n) is 2.10. The molecule has 0 unspecified atom stereocenters. The van der Waals surface area contributed by atoms with Gasteiger partial charge in [0.15, 0.2) is 0 Å². The van der Waals surface area contributed by atoms with Crippen LogP contribution in [0.4, 0.5) is 4.79 Å². The number of carbonyl (C=O) groups is 2. The van der Waals surface area contributed by atoms with Gasteiger partial charge < -0.3 is 14.4 Å². The highest BCUT2D eigenvalue weighted by Gasteiger charge is 2.34. The van der Waals surface area contributed by atoms with Crippen molar-refractivity contribution in [3.63, 3.8) is 0 Å². The van der Waals surface area contributed by atoms with Crippen LogP contribution in [0.25, 0.3) is 0 Å². The Morgan fingerprint density at radius 2 is 2.00 bits per heavy atom. The number of esters is 1. The molecular formula is C16H27N3O4. The van der Waals surface area contributed by atoms with E-state index in [4.69, 9.17) is 9.47 Å². The van der Waals surface area contributed by atoms with Crippen LogP contribution < -0.4 is 0 Å². The molecule has 0 aromatic carbocycles. The predicted octanol–water partition coefficient (Wildman–Crippen LogP) is 2.24. The maximum atomic E-state index is 11.9. The highest BCUT2D eigenvalue weighted by molar-refractivity contribution is 5.87. The highest BCUT2D eigenvalue weighted by Crippen LogP contribution is 2.21. The molecule has 0 aliphatic carbocycles. The summed E-state index contributed by atoms with van der Waals surface area (Å²) in [4.78, 5) is 25.1. The third kappa shape index (κ3) is 6.30. The van der Waals surface area contributed by atoms with Crippen LogP contribution in [-0.2, 0) is 14.3 Å². The maximum Gasteiger partial charge on any atom is 0.410 e. The average molecular weight is 325 g/mol. The molecule has 1 heterocycles. The lowest BCUT2D eigenvalue weighted by Crippen LogP contribution is -2.54. The Kier molecular flexibility index (Phi) is 6.60. The molecule has 0 radical (unpaired) electrons. The normalized spacial score (nSPS) is 15.7. The lowest BCUT2D eigenvalue weighted by molar-refractivity contribution is -0.138. The highest BCUT2D eigenvalue weighted by atomic mass is 16.6. The Labute approximate surface area is 137 Å². The van der Waals surface area contributed by atoms with Gasteiger partial charge >= 0.3 is 12.1 Å². The van der Waals surface area contributed by atoms with Crippen LogP contribution in [-0.4, -0.2) is 60.5 Å². The van der Waals surface area contributed by atoms with Gasteiger partial charge in [0, 0.05) is 38.5 Å². The summed E-state index contributed by atoms with van der Waals surface area (Å²) in [5.41, 5.74) is -0.0290. The molecule has 0 aromatic heterocycles. The lowest BCUT2D eigenvalue weighted by atomic mass is 10.0. The zero-order valence-corrected chi connectivity index (χ0v) is 14.7. The van der Waals surface area contributed by atoms with E-state index in [2.05, 4.69) is 11.8 Å². The van der Waals surface area contributed by atoms with Crippen molar-refractivity contribution in [3.8, 4) is 0 Å². The van der Waals surface area contributed by atoms with Crippen molar-refractivity contribution >= 4 is 18.8 Å². The summed E-state index contributed by atoms with van der Waals surface area (Å²) in [6.07, 6.45) is 1.31. The molecule has 1 aliphatic heterocycles. The van der Waals surface area contributed by atoms with Gasteiger partial charge in [0.2, 0.25) is 0 Å². The lowest BCUT2D eigenvalue weighted by Gasteiger charge is -2.40. The maximum absolute atomic E-state index is 11.9. The summed E-state index contributed by atoms with van der Waals surface area (Å²) in [6.45, 7) is 14.6. The fraction of sp³-hybridized carbons (Fsp3) is 0.688. The van der Waals surface area contributed by atoms with Crippen LogP contribution in [0.5, 0.6) is 0 Å². The molecule has 0 N–H and O–H groups in total. The molecule has 130 valence electrons. The zero-order valence-electron chi connectivity index (χ0n) is 14.7. The first-order valence-corrected chi connectivity index (χ1v) is 7.73. The second-order valence-corrected chi connectivity index (χ2v) is 6.55. The molecule has 0 saturated carbocycles. The van der Waals surface area contributed by atoms with Gasteiger partial charge in [-0.3, -0.25) is 5.01 Å². The topological polar surface area (TPSA) is 71.4 Å². The number of hydrazone groups is 1. The molecule has 1 saturated heterocycles. The Balaban J connectivity index is 2.45. The molecule has 23 heavy (non-hydrogen) atoms. The van der Waals surface area contributed by atoms with Crippen LogP contribution in [0, 0.1) is 5.92 Å². The van der Waals surface area contributed by atoms with E-state index in [1.54, 1.807) is 30.0 Å². The average Bonchev–Trinajstić information content (AvgIpc) is 2.38. The van der Waals surface area contributed by atoms with Crippen molar-refractivity contribution in [1.82, 2.24) is 9.91 Å². The van der Waals surface area contributed by atoms with Crippen molar-refractivity contribution in [3.05, 3.63) is 11.8 Å². The van der Waals surface area contributed by atoms with E-state index >= 15 is 0 Å². The van der Waals surface area contributed by atoms with Gasteiger partial charge in [-0.05, 0) is 34.6 Å². The molecule has 7 nitrogen and oxygen atoms in total. The molecular weight excluding hydrogens is 298 g/mol. The predicted molar refractivity (Wildman–Crippen MR) is 87.9 cm³/mol. The van der Waals surface area contributed by atoms with Crippen molar-refractivity contribution in [2.45, 2.75) is 40.2 Å². The van der Waals surface area contributed by atoms with Crippen molar-refractivity contribution < 1.29 is 19.1 Å². The minimum Gasteiger partial charge on any atom is -0.463 e. The molecule has 0 spiro atoms. The molecule has 1 amide bonds. The third-order valence-electron chi connectivity index (χ3n) is 3.18.